The van der Waals surface area contributed by atoms with Gasteiger partial charge in [-0.05, 0) is 65.2 Å². The van der Waals surface area contributed by atoms with Crippen molar-refractivity contribution >= 4 is 11.9 Å². The van der Waals surface area contributed by atoms with Crippen LogP contribution in [0.1, 0.15) is 70.2 Å². The highest BCUT2D eigenvalue weighted by molar-refractivity contribution is 5.78. The molecule has 0 radical (unpaired) electrons. The summed E-state index contributed by atoms with van der Waals surface area (Å²) in [6.45, 7) is 19.4. The Morgan fingerprint density at radius 1 is 0.967 bits per heavy atom. The first-order chi connectivity index (χ1) is 13.7. The number of carbonyl (C=O) groups is 2. The van der Waals surface area contributed by atoms with E-state index in [1.165, 1.54) is 0 Å². The first kappa shape index (κ1) is 26.1. The van der Waals surface area contributed by atoms with Gasteiger partial charge in [0.25, 0.3) is 0 Å². The van der Waals surface area contributed by atoms with Crippen LogP contribution in [0.15, 0.2) is 6.07 Å². The van der Waals surface area contributed by atoms with Gasteiger partial charge in [-0.2, -0.15) is 0 Å². The van der Waals surface area contributed by atoms with E-state index in [4.69, 9.17) is 14.2 Å². The molecule has 0 fully saturated rings. The van der Waals surface area contributed by atoms with E-state index in [0.29, 0.717) is 25.4 Å². The zero-order valence-corrected chi connectivity index (χ0v) is 20.2. The molecule has 0 unspecified atom stereocenters. The van der Waals surface area contributed by atoms with E-state index >= 15 is 0 Å². The Hall–Kier alpha value is -1.92. The normalized spacial score (nSPS) is 12.0. The van der Waals surface area contributed by atoms with Crippen LogP contribution >= 0.6 is 0 Å². The maximum absolute atomic E-state index is 12.3. The zero-order chi connectivity index (χ0) is 23.1. The molecule has 0 aliphatic heterocycles. The van der Waals surface area contributed by atoms with E-state index in [-0.39, 0.29) is 17.9 Å². The summed E-state index contributed by atoms with van der Waals surface area (Å²) in [6.07, 6.45) is -0.405. The van der Waals surface area contributed by atoms with Crippen LogP contribution in [0.2, 0.25) is 0 Å². The second-order valence-corrected chi connectivity index (χ2v) is 9.59. The molecule has 1 N–H and O–H groups in total. The summed E-state index contributed by atoms with van der Waals surface area (Å²) in [5.74, 6) is 0.572. The number of hydrogen-bond acceptors (Lipinski definition) is 6. The minimum Gasteiger partial charge on any atom is -0.432 e. The van der Waals surface area contributed by atoms with Gasteiger partial charge in [0.05, 0.1) is 13.2 Å². The first-order valence-corrected chi connectivity index (χ1v) is 10.5. The van der Waals surface area contributed by atoms with E-state index in [9.17, 15) is 9.59 Å². The molecule has 0 aliphatic carbocycles. The van der Waals surface area contributed by atoms with E-state index in [0.717, 1.165) is 28.8 Å². The van der Waals surface area contributed by atoms with Gasteiger partial charge in [-0.25, -0.2) is 4.79 Å². The summed E-state index contributed by atoms with van der Waals surface area (Å²) in [4.78, 5) is 24.1. The minimum absolute atomic E-state index is 0.0430. The molecule has 0 spiro atoms. The molecular formula is C24H39NO5. The summed E-state index contributed by atoms with van der Waals surface area (Å²) >= 11 is 0. The summed E-state index contributed by atoms with van der Waals surface area (Å²) < 4.78 is 16.3. The van der Waals surface area contributed by atoms with Crippen molar-refractivity contribution in [3.8, 4) is 5.75 Å². The Balaban J connectivity index is 2.75. The van der Waals surface area contributed by atoms with Crippen molar-refractivity contribution in [1.29, 1.82) is 0 Å². The van der Waals surface area contributed by atoms with Gasteiger partial charge in [-0.1, -0.05) is 19.9 Å². The van der Waals surface area contributed by atoms with E-state index in [1.807, 2.05) is 34.6 Å². The van der Waals surface area contributed by atoms with Crippen LogP contribution in [-0.2, 0) is 19.7 Å². The first-order valence-electron chi connectivity index (χ1n) is 10.5. The van der Waals surface area contributed by atoms with Crippen LogP contribution in [0.25, 0.3) is 0 Å². The number of Topliss-reactive ketones (excluding diaryl/α,β-unsaturated/α-hetero) is 1. The molecule has 0 aromatic heterocycles. The van der Waals surface area contributed by atoms with E-state index in [1.54, 1.807) is 6.92 Å². The molecule has 6 nitrogen and oxygen atoms in total. The Bertz CT molecular complexity index is 747. The predicted molar refractivity (Wildman–Crippen MR) is 120 cm³/mol. The van der Waals surface area contributed by atoms with Crippen molar-refractivity contribution in [1.82, 2.24) is 5.32 Å². The van der Waals surface area contributed by atoms with E-state index in [2.05, 4.69) is 32.2 Å². The summed E-state index contributed by atoms with van der Waals surface area (Å²) in [5, 5.41) is 3.32. The average molecular weight is 422 g/mol. The largest absolute Gasteiger partial charge is 0.513 e. The third-order valence-electron chi connectivity index (χ3n) is 4.89. The average Bonchev–Trinajstić information content (AvgIpc) is 2.56. The molecule has 1 aromatic carbocycles. The van der Waals surface area contributed by atoms with Crippen molar-refractivity contribution in [2.24, 2.45) is 0 Å². The third-order valence-corrected chi connectivity index (χ3v) is 4.89. The maximum atomic E-state index is 12.3. The second kappa shape index (κ2) is 10.9. The number of carbonyl (C=O) groups excluding carboxylic acids is 2. The molecule has 170 valence electrons. The highest BCUT2D eigenvalue weighted by Crippen LogP contribution is 2.40. The molecule has 1 rings (SSSR count). The smallest absolute Gasteiger partial charge is 0.432 e. The molecule has 1 aromatic rings. The quantitative estimate of drug-likeness (QED) is 0.333. The lowest BCUT2D eigenvalue weighted by Gasteiger charge is -2.29. The molecule has 0 heterocycles. The molecule has 0 saturated carbocycles. The van der Waals surface area contributed by atoms with Crippen molar-refractivity contribution in [3.05, 3.63) is 28.3 Å². The summed E-state index contributed by atoms with van der Waals surface area (Å²) in [6, 6.07) is 2.06. The standard InChI is InChI=1S/C24H39NO5/c1-16-14-17(2)20(24(8,9)15-18(3)26)21(19(16)4)30-22(27)29-13-12-28-11-10-25-23(5,6)7/h14,25H,10-13,15H2,1-9H3. The topological polar surface area (TPSA) is 73.9 Å². The molecule has 30 heavy (non-hydrogen) atoms. The van der Waals surface area contributed by atoms with Gasteiger partial charge in [0.2, 0.25) is 0 Å². The fraction of sp³-hybridized carbons (Fsp3) is 0.667. The third kappa shape index (κ3) is 8.44. The van der Waals surface area contributed by atoms with Crippen molar-refractivity contribution in [3.63, 3.8) is 0 Å². The fourth-order valence-corrected chi connectivity index (χ4v) is 3.63. The summed E-state index contributed by atoms with van der Waals surface area (Å²) in [5.41, 5.74) is 3.32. The van der Waals surface area contributed by atoms with Gasteiger partial charge in [0.1, 0.15) is 18.1 Å². The number of rotatable bonds is 10. The lowest BCUT2D eigenvalue weighted by atomic mass is 9.76. The van der Waals surface area contributed by atoms with Crippen LogP contribution in [0, 0.1) is 20.8 Å². The van der Waals surface area contributed by atoms with Crippen LogP contribution in [0.5, 0.6) is 5.75 Å². The second-order valence-electron chi connectivity index (χ2n) is 9.59. The van der Waals surface area contributed by atoms with Gasteiger partial charge >= 0.3 is 6.16 Å². The molecule has 0 bridgehead atoms. The molecule has 0 saturated heterocycles. The van der Waals surface area contributed by atoms with Crippen molar-refractivity contribution in [2.75, 3.05) is 26.4 Å². The number of nitrogens with one attached hydrogen (secondary N) is 1. The zero-order valence-electron chi connectivity index (χ0n) is 20.2. The Kier molecular flexibility index (Phi) is 9.50. The highest BCUT2D eigenvalue weighted by atomic mass is 16.7. The monoisotopic (exact) mass is 421 g/mol. The Morgan fingerprint density at radius 2 is 1.60 bits per heavy atom. The SMILES string of the molecule is CC(=O)CC(C)(C)c1c(C)cc(C)c(C)c1OC(=O)OCCOCCNC(C)(C)C. The Labute approximate surface area is 181 Å². The molecular weight excluding hydrogens is 382 g/mol. The van der Waals surface area contributed by atoms with Crippen LogP contribution in [0.3, 0.4) is 0 Å². The van der Waals surface area contributed by atoms with Crippen molar-refractivity contribution in [2.45, 2.75) is 79.7 Å². The molecule has 0 aliphatic rings. The lowest BCUT2D eigenvalue weighted by molar-refractivity contribution is -0.118. The van der Waals surface area contributed by atoms with Crippen molar-refractivity contribution < 1.29 is 23.8 Å². The number of ketones is 1. The van der Waals surface area contributed by atoms with E-state index < -0.39 is 11.6 Å². The van der Waals surface area contributed by atoms with Gasteiger partial charge in [0, 0.05) is 29.5 Å². The van der Waals surface area contributed by atoms with Crippen LogP contribution in [-0.4, -0.2) is 43.8 Å². The maximum Gasteiger partial charge on any atom is 0.513 e. The van der Waals surface area contributed by atoms with Gasteiger partial charge in [-0.15, -0.1) is 0 Å². The Morgan fingerprint density at radius 3 is 2.17 bits per heavy atom. The molecule has 0 amide bonds. The van der Waals surface area contributed by atoms with Gasteiger partial charge in [0.15, 0.2) is 0 Å². The van der Waals surface area contributed by atoms with Gasteiger partial charge < -0.3 is 19.5 Å². The predicted octanol–water partition coefficient (Wildman–Crippen LogP) is 4.79. The lowest BCUT2D eigenvalue weighted by Crippen LogP contribution is -2.38. The van der Waals surface area contributed by atoms with Gasteiger partial charge in [-0.3, -0.25) is 4.79 Å². The molecule has 6 heteroatoms. The van der Waals surface area contributed by atoms with Crippen LogP contribution < -0.4 is 10.1 Å². The molecule has 0 atom stereocenters. The highest BCUT2D eigenvalue weighted by Gasteiger charge is 2.31. The number of hydrogen-bond donors (Lipinski definition) is 1. The number of aryl methyl sites for hydroxylation is 2. The fourth-order valence-electron chi connectivity index (χ4n) is 3.63. The number of benzene rings is 1. The minimum atomic E-state index is -0.764. The number of ether oxygens (including phenoxy) is 3. The summed E-state index contributed by atoms with van der Waals surface area (Å²) in [7, 11) is 0. The van der Waals surface area contributed by atoms with Crippen LogP contribution in [0.4, 0.5) is 4.79 Å².